The third-order valence-corrected chi connectivity index (χ3v) is 1.89. The number of hydrogen-bond acceptors (Lipinski definition) is 4. The first kappa shape index (κ1) is 13.2. The van der Waals surface area contributed by atoms with Crippen LogP contribution < -0.4 is 5.73 Å². The highest BCUT2D eigenvalue weighted by atomic mass is 16.6. The Morgan fingerprint density at radius 1 is 1.53 bits per heavy atom. The molecule has 1 heterocycles. The minimum absolute atomic E-state index is 0.228. The van der Waals surface area contributed by atoms with Crippen LogP contribution >= 0.6 is 0 Å². The highest BCUT2D eigenvalue weighted by Gasteiger charge is 2.14. The highest BCUT2D eigenvalue weighted by Crippen LogP contribution is 2.12. The van der Waals surface area contributed by atoms with Crippen molar-refractivity contribution in [2.75, 3.05) is 5.73 Å². The van der Waals surface area contributed by atoms with Crippen LogP contribution in [-0.4, -0.2) is 16.6 Å². The van der Waals surface area contributed by atoms with Gasteiger partial charge in [0, 0.05) is 23.6 Å². The summed E-state index contributed by atoms with van der Waals surface area (Å²) in [4.78, 5) is 15.4. The van der Waals surface area contributed by atoms with E-state index in [0.29, 0.717) is 5.69 Å². The first-order valence-corrected chi connectivity index (χ1v) is 5.46. The molecule has 0 unspecified atom stereocenters. The van der Waals surface area contributed by atoms with Gasteiger partial charge in [-0.1, -0.05) is 12.2 Å². The van der Waals surface area contributed by atoms with Crippen molar-refractivity contribution in [3.63, 3.8) is 0 Å². The summed E-state index contributed by atoms with van der Waals surface area (Å²) in [5, 5.41) is 0. The average molecular weight is 234 g/mol. The fraction of sp³-hybridized carbons (Fsp3) is 0.385. The van der Waals surface area contributed by atoms with E-state index in [2.05, 4.69) is 4.98 Å². The van der Waals surface area contributed by atoms with E-state index >= 15 is 0 Å². The summed E-state index contributed by atoms with van der Waals surface area (Å²) in [7, 11) is 0. The maximum absolute atomic E-state index is 11.4. The van der Waals surface area contributed by atoms with Crippen molar-refractivity contribution in [3.8, 4) is 0 Å². The van der Waals surface area contributed by atoms with Gasteiger partial charge in [0.2, 0.25) is 0 Å². The van der Waals surface area contributed by atoms with Gasteiger partial charge in [-0.15, -0.1) is 0 Å². The van der Waals surface area contributed by atoms with Crippen molar-refractivity contribution in [1.82, 2.24) is 4.98 Å². The van der Waals surface area contributed by atoms with Crippen LogP contribution in [0.4, 0.5) is 5.69 Å². The Bertz CT molecular complexity index is 420. The molecule has 0 spiro atoms. The van der Waals surface area contributed by atoms with Crippen LogP contribution in [0.5, 0.6) is 0 Å². The van der Waals surface area contributed by atoms with Gasteiger partial charge in [-0.3, -0.25) is 9.78 Å². The van der Waals surface area contributed by atoms with Crippen molar-refractivity contribution in [1.29, 1.82) is 0 Å². The monoisotopic (exact) mass is 234 g/mol. The standard InChI is InChI=1S/C13H18N2O2/c1-13(2,3)17-12(16)6-4-5-10-9-15-8-7-11(10)14/h4-5,7-9H,6H2,1-3H3,(H2,14,15)/b5-4+. The van der Waals surface area contributed by atoms with Crippen molar-refractivity contribution in [2.45, 2.75) is 32.8 Å². The van der Waals surface area contributed by atoms with Gasteiger partial charge in [0.1, 0.15) is 5.60 Å². The Morgan fingerprint density at radius 3 is 2.82 bits per heavy atom. The molecule has 0 aliphatic heterocycles. The summed E-state index contributed by atoms with van der Waals surface area (Å²) >= 11 is 0. The number of anilines is 1. The minimum atomic E-state index is -0.446. The van der Waals surface area contributed by atoms with Crippen LogP contribution in [0.3, 0.4) is 0 Å². The van der Waals surface area contributed by atoms with Crippen molar-refractivity contribution < 1.29 is 9.53 Å². The largest absolute Gasteiger partial charge is 0.460 e. The number of nitrogens with zero attached hydrogens (tertiary/aromatic N) is 1. The van der Waals surface area contributed by atoms with Gasteiger partial charge in [-0.25, -0.2) is 0 Å². The Labute approximate surface area is 101 Å². The van der Waals surface area contributed by atoms with Crippen LogP contribution in [0.15, 0.2) is 24.5 Å². The number of nitrogen functional groups attached to an aromatic ring is 1. The van der Waals surface area contributed by atoms with Gasteiger partial charge in [0.25, 0.3) is 0 Å². The van der Waals surface area contributed by atoms with Crippen LogP contribution in [0.25, 0.3) is 6.08 Å². The Kier molecular flexibility index (Phi) is 4.26. The second-order valence-corrected chi connectivity index (χ2v) is 4.70. The van der Waals surface area contributed by atoms with Gasteiger partial charge in [0.15, 0.2) is 0 Å². The van der Waals surface area contributed by atoms with E-state index < -0.39 is 5.60 Å². The fourth-order valence-electron chi connectivity index (χ4n) is 1.22. The molecular weight excluding hydrogens is 216 g/mol. The number of ether oxygens (including phenoxy) is 1. The van der Waals surface area contributed by atoms with Crippen molar-refractivity contribution in [3.05, 3.63) is 30.1 Å². The van der Waals surface area contributed by atoms with E-state index in [1.165, 1.54) is 0 Å². The predicted molar refractivity (Wildman–Crippen MR) is 68.1 cm³/mol. The molecule has 0 bridgehead atoms. The Hall–Kier alpha value is -1.84. The molecule has 0 saturated carbocycles. The van der Waals surface area contributed by atoms with Gasteiger partial charge in [-0.05, 0) is 26.8 Å². The minimum Gasteiger partial charge on any atom is -0.460 e. The molecule has 0 amide bonds. The zero-order chi connectivity index (χ0) is 12.9. The lowest BCUT2D eigenvalue weighted by molar-refractivity contribution is -0.153. The molecule has 0 saturated heterocycles. The van der Waals surface area contributed by atoms with Gasteiger partial charge < -0.3 is 10.5 Å². The number of esters is 1. The molecule has 4 heteroatoms. The van der Waals surface area contributed by atoms with E-state index in [1.807, 2.05) is 20.8 Å². The topological polar surface area (TPSA) is 65.2 Å². The smallest absolute Gasteiger partial charge is 0.310 e. The average Bonchev–Trinajstić information content (AvgIpc) is 2.18. The highest BCUT2D eigenvalue weighted by molar-refractivity contribution is 5.74. The number of aromatic nitrogens is 1. The molecule has 1 aromatic rings. The summed E-state index contributed by atoms with van der Waals surface area (Å²) in [6, 6.07) is 1.72. The van der Waals surface area contributed by atoms with Crippen LogP contribution in [0.2, 0.25) is 0 Å². The molecule has 1 rings (SSSR count). The second-order valence-electron chi connectivity index (χ2n) is 4.70. The van der Waals surface area contributed by atoms with Gasteiger partial charge in [0.05, 0.1) is 6.42 Å². The normalized spacial score (nSPS) is 11.7. The Morgan fingerprint density at radius 2 is 2.24 bits per heavy atom. The third kappa shape index (κ3) is 5.15. The summed E-state index contributed by atoms with van der Waals surface area (Å²) in [6.45, 7) is 5.52. The van der Waals surface area contributed by atoms with E-state index in [1.54, 1.807) is 30.6 Å². The SMILES string of the molecule is CC(C)(C)OC(=O)C/C=C/c1cnccc1N. The van der Waals surface area contributed by atoms with Crippen LogP contribution in [0.1, 0.15) is 32.8 Å². The molecule has 0 fully saturated rings. The maximum Gasteiger partial charge on any atom is 0.310 e. The number of rotatable bonds is 3. The van der Waals surface area contributed by atoms with E-state index in [0.717, 1.165) is 5.56 Å². The fourth-order valence-corrected chi connectivity index (χ4v) is 1.22. The summed E-state index contributed by atoms with van der Waals surface area (Å²) in [5.41, 5.74) is 6.73. The zero-order valence-corrected chi connectivity index (χ0v) is 10.4. The molecule has 0 aliphatic carbocycles. The molecule has 2 N–H and O–H groups in total. The molecular formula is C13H18N2O2. The molecule has 0 radical (unpaired) electrons. The van der Waals surface area contributed by atoms with Crippen LogP contribution in [-0.2, 0) is 9.53 Å². The van der Waals surface area contributed by atoms with E-state index in [4.69, 9.17) is 10.5 Å². The molecule has 0 atom stereocenters. The number of nitrogens with two attached hydrogens (primary N) is 1. The summed E-state index contributed by atoms with van der Waals surface area (Å²) < 4.78 is 5.17. The quantitative estimate of drug-likeness (QED) is 0.816. The second kappa shape index (κ2) is 5.48. The molecule has 0 aromatic carbocycles. The van der Waals surface area contributed by atoms with Gasteiger partial charge >= 0.3 is 5.97 Å². The first-order valence-electron chi connectivity index (χ1n) is 5.46. The number of hydrogen-bond donors (Lipinski definition) is 1. The predicted octanol–water partition coefficient (Wildman–Crippen LogP) is 2.41. The summed E-state index contributed by atoms with van der Waals surface area (Å²) in [5.74, 6) is -0.254. The lowest BCUT2D eigenvalue weighted by atomic mass is 10.2. The number of pyridine rings is 1. The Balaban J connectivity index is 2.51. The van der Waals surface area contributed by atoms with E-state index in [9.17, 15) is 4.79 Å². The lowest BCUT2D eigenvalue weighted by Gasteiger charge is -2.18. The first-order chi connectivity index (χ1) is 7.88. The van der Waals surface area contributed by atoms with Gasteiger partial charge in [-0.2, -0.15) is 0 Å². The van der Waals surface area contributed by atoms with E-state index in [-0.39, 0.29) is 12.4 Å². The van der Waals surface area contributed by atoms with Crippen molar-refractivity contribution in [2.24, 2.45) is 0 Å². The molecule has 4 nitrogen and oxygen atoms in total. The molecule has 92 valence electrons. The van der Waals surface area contributed by atoms with Crippen LogP contribution in [0, 0.1) is 0 Å². The molecule has 0 aliphatic rings. The zero-order valence-electron chi connectivity index (χ0n) is 10.4. The molecule has 17 heavy (non-hydrogen) atoms. The number of carbonyl (C=O) groups is 1. The number of carbonyl (C=O) groups excluding carboxylic acids is 1. The lowest BCUT2D eigenvalue weighted by Crippen LogP contribution is -2.23. The molecule has 1 aromatic heterocycles. The van der Waals surface area contributed by atoms with Crippen molar-refractivity contribution >= 4 is 17.7 Å². The summed E-state index contributed by atoms with van der Waals surface area (Å²) in [6.07, 6.45) is 7.00. The maximum atomic E-state index is 11.4. The third-order valence-electron chi connectivity index (χ3n) is 1.89.